The van der Waals surface area contributed by atoms with Crippen LogP contribution in [-0.4, -0.2) is 12.4 Å². The minimum absolute atomic E-state index is 0.550. The largest absolute Gasteiger partial charge is 0.387 e. The van der Waals surface area contributed by atoms with E-state index in [1.165, 1.54) is 6.42 Å². The molecular weight excluding hydrogens is 124 g/mol. The molecule has 2 atom stereocenters. The number of nitrogens with zero attached hydrogens (tertiary/aromatic N) is 1. The topological polar surface area (TPSA) is 38.4 Å². The van der Waals surface area contributed by atoms with Crippen LogP contribution in [0.2, 0.25) is 0 Å². The highest BCUT2D eigenvalue weighted by atomic mass is 14.9. The van der Waals surface area contributed by atoms with Crippen LogP contribution < -0.4 is 5.73 Å². The van der Waals surface area contributed by atoms with Crippen LogP contribution >= 0.6 is 0 Å². The van der Waals surface area contributed by atoms with Crippen LogP contribution in [-0.2, 0) is 0 Å². The minimum Gasteiger partial charge on any atom is -0.387 e. The minimum atomic E-state index is 0.550. The standard InChI is InChI=1S/C8H16N2/c1-3-7-6(2)4-5-10-8(7)9/h6-7H,3-5H2,1-2H3,(H2,9,10)/t6-,7-/m1/s1. The fraction of sp³-hybridized carbons (Fsp3) is 0.875. The third-order valence-corrected chi connectivity index (χ3v) is 2.39. The summed E-state index contributed by atoms with van der Waals surface area (Å²) >= 11 is 0. The number of hydrogen-bond donors (Lipinski definition) is 1. The van der Waals surface area contributed by atoms with Crippen molar-refractivity contribution in [1.29, 1.82) is 0 Å². The van der Waals surface area contributed by atoms with Gasteiger partial charge in [0.15, 0.2) is 0 Å². The summed E-state index contributed by atoms with van der Waals surface area (Å²) in [5.74, 6) is 2.16. The van der Waals surface area contributed by atoms with E-state index in [9.17, 15) is 0 Å². The van der Waals surface area contributed by atoms with Gasteiger partial charge >= 0.3 is 0 Å². The second-order valence-electron chi connectivity index (χ2n) is 3.09. The van der Waals surface area contributed by atoms with E-state index in [1.54, 1.807) is 0 Å². The van der Waals surface area contributed by atoms with E-state index < -0.39 is 0 Å². The Morgan fingerprint density at radius 2 is 2.40 bits per heavy atom. The maximum atomic E-state index is 5.73. The summed E-state index contributed by atoms with van der Waals surface area (Å²) in [5.41, 5.74) is 5.73. The van der Waals surface area contributed by atoms with Crippen molar-refractivity contribution in [2.75, 3.05) is 6.54 Å². The molecule has 0 amide bonds. The van der Waals surface area contributed by atoms with E-state index >= 15 is 0 Å². The number of hydrogen-bond acceptors (Lipinski definition) is 2. The van der Waals surface area contributed by atoms with Gasteiger partial charge in [-0.2, -0.15) is 0 Å². The molecule has 0 aliphatic carbocycles. The van der Waals surface area contributed by atoms with Crippen LogP contribution in [0.25, 0.3) is 0 Å². The van der Waals surface area contributed by atoms with Crippen molar-refractivity contribution < 1.29 is 0 Å². The van der Waals surface area contributed by atoms with Gasteiger partial charge in [0.1, 0.15) is 0 Å². The first kappa shape index (κ1) is 7.58. The molecule has 0 radical (unpaired) electrons. The summed E-state index contributed by atoms with van der Waals surface area (Å²) in [6, 6.07) is 0. The van der Waals surface area contributed by atoms with E-state index in [4.69, 9.17) is 5.73 Å². The van der Waals surface area contributed by atoms with Crippen molar-refractivity contribution in [1.82, 2.24) is 0 Å². The molecule has 1 heterocycles. The second kappa shape index (κ2) is 3.04. The molecule has 0 aromatic heterocycles. The fourth-order valence-electron chi connectivity index (χ4n) is 1.62. The molecule has 0 bridgehead atoms. The van der Waals surface area contributed by atoms with Crippen molar-refractivity contribution in [3.63, 3.8) is 0 Å². The molecule has 0 unspecified atom stereocenters. The molecule has 0 saturated heterocycles. The highest BCUT2D eigenvalue weighted by Gasteiger charge is 2.21. The molecule has 0 aromatic carbocycles. The first-order chi connectivity index (χ1) is 4.75. The Bertz CT molecular complexity index is 140. The Morgan fingerprint density at radius 3 is 2.80 bits per heavy atom. The predicted octanol–water partition coefficient (Wildman–Crippen LogP) is 1.41. The fourth-order valence-corrected chi connectivity index (χ4v) is 1.62. The van der Waals surface area contributed by atoms with Crippen LogP contribution in [0.15, 0.2) is 4.99 Å². The maximum Gasteiger partial charge on any atom is 0.0970 e. The lowest BCUT2D eigenvalue weighted by atomic mass is 9.86. The van der Waals surface area contributed by atoms with Gasteiger partial charge in [0.25, 0.3) is 0 Å². The van der Waals surface area contributed by atoms with Crippen molar-refractivity contribution in [3.8, 4) is 0 Å². The van der Waals surface area contributed by atoms with Crippen LogP contribution in [0.3, 0.4) is 0 Å². The van der Waals surface area contributed by atoms with Crippen LogP contribution in [0, 0.1) is 11.8 Å². The van der Waals surface area contributed by atoms with Gasteiger partial charge < -0.3 is 5.73 Å². The van der Waals surface area contributed by atoms with Crippen molar-refractivity contribution in [3.05, 3.63) is 0 Å². The van der Waals surface area contributed by atoms with E-state index in [1.807, 2.05) is 0 Å². The van der Waals surface area contributed by atoms with Gasteiger partial charge in [0, 0.05) is 12.5 Å². The maximum absolute atomic E-state index is 5.73. The smallest absolute Gasteiger partial charge is 0.0970 e. The van der Waals surface area contributed by atoms with Crippen molar-refractivity contribution >= 4 is 5.84 Å². The Hall–Kier alpha value is -0.530. The quantitative estimate of drug-likeness (QED) is 0.587. The average Bonchev–Trinajstić information content (AvgIpc) is 1.88. The monoisotopic (exact) mass is 140 g/mol. The molecular formula is C8H16N2. The summed E-state index contributed by atoms with van der Waals surface area (Å²) in [4.78, 5) is 4.23. The van der Waals surface area contributed by atoms with Crippen LogP contribution in [0.1, 0.15) is 26.7 Å². The third kappa shape index (κ3) is 1.31. The molecule has 0 aromatic rings. The Labute approximate surface area is 62.5 Å². The van der Waals surface area contributed by atoms with Gasteiger partial charge in [-0.05, 0) is 18.8 Å². The summed E-state index contributed by atoms with van der Waals surface area (Å²) < 4.78 is 0. The van der Waals surface area contributed by atoms with E-state index in [0.717, 1.165) is 24.7 Å². The molecule has 10 heavy (non-hydrogen) atoms. The first-order valence-electron chi connectivity index (χ1n) is 4.05. The number of nitrogens with two attached hydrogens (primary N) is 1. The normalized spacial score (nSPS) is 33.6. The SMILES string of the molecule is CC[C@H]1C(N)=NCC[C@H]1C. The molecule has 1 rings (SSSR count). The van der Waals surface area contributed by atoms with Crippen LogP contribution in [0.5, 0.6) is 0 Å². The first-order valence-corrected chi connectivity index (χ1v) is 4.05. The molecule has 1 aliphatic rings. The molecule has 0 spiro atoms. The number of rotatable bonds is 1. The zero-order valence-corrected chi connectivity index (χ0v) is 6.80. The lowest BCUT2D eigenvalue weighted by Gasteiger charge is -2.25. The van der Waals surface area contributed by atoms with Gasteiger partial charge in [-0.3, -0.25) is 4.99 Å². The third-order valence-electron chi connectivity index (χ3n) is 2.39. The summed E-state index contributed by atoms with van der Waals surface area (Å²) in [7, 11) is 0. The van der Waals surface area contributed by atoms with Gasteiger partial charge in [-0.15, -0.1) is 0 Å². The summed E-state index contributed by atoms with van der Waals surface area (Å²) in [6.45, 7) is 5.37. The average molecular weight is 140 g/mol. The molecule has 2 N–H and O–H groups in total. The Balaban J connectivity index is 2.63. The predicted molar refractivity (Wildman–Crippen MR) is 44.1 cm³/mol. The van der Waals surface area contributed by atoms with Gasteiger partial charge in [0.05, 0.1) is 5.84 Å². The Morgan fingerprint density at radius 1 is 1.70 bits per heavy atom. The number of aliphatic imine (C=N–C) groups is 1. The van der Waals surface area contributed by atoms with Crippen molar-refractivity contribution in [2.45, 2.75) is 26.7 Å². The van der Waals surface area contributed by atoms with E-state index in [-0.39, 0.29) is 0 Å². The highest BCUT2D eigenvalue weighted by Crippen LogP contribution is 2.22. The summed E-state index contributed by atoms with van der Waals surface area (Å²) in [5, 5.41) is 0. The second-order valence-corrected chi connectivity index (χ2v) is 3.09. The van der Waals surface area contributed by atoms with Crippen molar-refractivity contribution in [2.24, 2.45) is 22.6 Å². The zero-order valence-electron chi connectivity index (χ0n) is 6.80. The van der Waals surface area contributed by atoms with Gasteiger partial charge in [-0.1, -0.05) is 13.8 Å². The summed E-state index contributed by atoms with van der Waals surface area (Å²) in [6.07, 6.45) is 2.34. The lowest BCUT2D eigenvalue weighted by Crippen LogP contribution is -2.32. The molecule has 2 nitrogen and oxygen atoms in total. The molecule has 0 saturated carbocycles. The molecule has 58 valence electrons. The van der Waals surface area contributed by atoms with Gasteiger partial charge in [0.2, 0.25) is 0 Å². The number of amidine groups is 1. The molecule has 2 heteroatoms. The van der Waals surface area contributed by atoms with Gasteiger partial charge in [-0.25, -0.2) is 0 Å². The molecule has 1 aliphatic heterocycles. The lowest BCUT2D eigenvalue weighted by molar-refractivity contribution is 0.398. The van der Waals surface area contributed by atoms with Crippen LogP contribution in [0.4, 0.5) is 0 Å². The zero-order chi connectivity index (χ0) is 7.56. The van der Waals surface area contributed by atoms with E-state index in [2.05, 4.69) is 18.8 Å². The Kier molecular flexibility index (Phi) is 2.30. The highest BCUT2D eigenvalue weighted by molar-refractivity contribution is 5.83. The van der Waals surface area contributed by atoms with E-state index in [0.29, 0.717) is 5.92 Å². The molecule has 0 fully saturated rings.